The van der Waals surface area contributed by atoms with E-state index in [1.165, 1.54) is 25.7 Å². The van der Waals surface area contributed by atoms with Crippen LogP contribution in [0.1, 0.15) is 45.4 Å². The molecule has 1 fully saturated rings. The Labute approximate surface area is 117 Å². The van der Waals surface area contributed by atoms with Crippen LogP contribution in [0.4, 0.5) is 0 Å². The van der Waals surface area contributed by atoms with Gasteiger partial charge >= 0.3 is 0 Å². The molecular weight excluding hydrogens is 234 g/mol. The second-order valence-electron chi connectivity index (χ2n) is 5.99. The van der Waals surface area contributed by atoms with Gasteiger partial charge in [0.1, 0.15) is 5.75 Å². The Morgan fingerprint density at radius 1 is 1.16 bits per heavy atom. The van der Waals surface area contributed by atoms with Gasteiger partial charge in [0, 0.05) is 6.04 Å². The van der Waals surface area contributed by atoms with Crippen LogP contribution in [0, 0.1) is 11.8 Å². The van der Waals surface area contributed by atoms with Crippen LogP contribution < -0.4 is 10.5 Å². The number of benzene rings is 1. The van der Waals surface area contributed by atoms with Crippen molar-refractivity contribution in [1.82, 2.24) is 0 Å². The molecule has 1 unspecified atom stereocenters. The Kier molecular flexibility index (Phi) is 5.71. The number of ether oxygens (including phenoxy) is 1. The van der Waals surface area contributed by atoms with Crippen molar-refractivity contribution in [3.05, 3.63) is 30.3 Å². The van der Waals surface area contributed by atoms with E-state index in [9.17, 15) is 0 Å². The van der Waals surface area contributed by atoms with E-state index in [-0.39, 0.29) is 0 Å². The predicted molar refractivity (Wildman–Crippen MR) is 80.3 cm³/mol. The lowest BCUT2D eigenvalue weighted by atomic mass is 9.78. The van der Waals surface area contributed by atoms with E-state index in [1.54, 1.807) is 0 Å². The number of hydrogen-bond acceptors (Lipinski definition) is 2. The minimum atomic E-state index is 0.367. The lowest BCUT2D eigenvalue weighted by Crippen LogP contribution is -2.33. The van der Waals surface area contributed by atoms with Gasteiger partial charge in [-0.2, -0.15) is 0 Å². The van der Waals surface area contributed by atoms with Crippen LogP contribution in [-0.4, -0.2) is 12.6 Å². The normalized spacial score (nSPS) is 24.9. The Balaban J connectivity index is 1.60. The van der Waals surface area contributed by atoms with E-state index in [1.807, 2.05) is 30.3 Å². The van der Waals surface area contributed by atoms with Crippen molar-refractivity contribution in [3.63, 3.8) is 0 Å². The average molecular weight is 261 g/mol. The summed E-state index contributed by atoms with van der Waals surface area (Å²) in [6, 6.07) is 10.4. The van der Waals surface area contributed by atoms with Crippen LogP contribution >= 0.6 is 0 Å². The van der Waals surface area contributed by atoms with Crippen molar-refractivity contribution >= 4 is 0 Å². The molecule has 0 radical (unpaired) electrons. The van der Waals surface area contributed by atoms with E-state index < -0.39 is 0 Å². The summed E-state index contributed by atoms with van der Waals surface area (Å²) in [5.74, 6) is 2.61. The van der Waals surface area contributed by atoms with Crippen LogP contribution in [0.25, 0.3) is 0 Å². The zero-order chi connectivity index (χ0) is 13.5. The number of rotatable bonds is 6. The van der Waals surface area contributed by atoms with Crippen LogP contribution in [0.3, 0.4) is 0 Å². The topological polar surface area (TPSA) is 35.2 Å². The molecule has 0 heterocycles. The van der Waals surface area contributed by atoms with Crippen molar-refractivity contribution in [2.45, 2.75) is 51.5 Å². The maximum atomic E-state index is 6.32. The summed E-state index contributed by atoms with van der Waals surface area (Å²) in [5.41, 5.74) is 6.32. The molecule has 0 saturated heterocycles. The van der Waals surface area contributed by atoms with Crippen molar-refractivity contribution in [1.29, 1.82) is 0 Å². The number of nitrogens with two attached hydrogens (primary N) is 1. The van der Waals surface area contributed by atoms with E-state index in [4.69, 9.17) is 10.5 Å². The molecule has 19 heavy (non-hydrogen) atoms. The van der Waals surface area contributed by atoms with E-state index >= 15 is 0 Å². The summed E-state index contributed by atoms with van der Waals surface area (Å²) in [6.45, 7) is 3.14. The van der Waals surface area contributed by atoms with Crippen LogP contribution in [0.5, 0.6) is 5.75 Å². The van der Waals surface area contributed by atoms with E-state index in [0.717, 1.165) is 37.0 Å². The van der Waals surface area contributed by atoms with Gasteiger partial charge in [-0.05, 0) is 49.7 Å². The summed E-state index contributed by atoms with van der Waals surface area (Å²) >= 11 is 0. The highest BCUT2D eigenvalue weighted by molar-refractivity contribution is 5.20. The highest BCUT2D eigenvalue weighted by Crippen LogP contribution is 2.30. The summed E-state index contributed by atoms with van der Waals surface area (Å²) in [4.78, 5) is 0. The quantitative estimate of drug-likeness (QED) is 0.786. The van der Waals surface area contributed by atoms with Crippen molar-refractivity contribution in [3.8, 4) is 5.75 Å². The molecule has 1 saturated carbocycles. The molecule has 1 aromatic rings. The second kappa shape index (κ2) is 7.54. The molecule has 1 aliphatic carbocycles. The lowest BCUT2D eigenvalue weighted by molar-refractivity contribution is 0.233. The van der Waals surface area contributed by atoms with Crippen molar-refractivity contribution < 1.29 is 4.74 Å². The van der Waals surface area contributed by atoms with Gasteiger partial charge in [-0.1, -0.05) is 38.0 Å². The molecular formula is C17H27NO. The predicted octanol–water partition coefficient (Wildman–Crippen LogP) is 4.00. The fourth-order valence-electron chi connectivity index (χ4n) is 2.98. The molecule has 0 bridgehead atoms. The highest BCUT2D eigenvalue weighted by atomic mass is 16.5. The molecule has 2 nitrogen and oxygen atoms in total. The molecule has 1 aliphatic rings. The monoisotopic (exact) mass is 261 g/mol. The molecule has 0 aromatic heterocycles. The molecule has 1 atom stereocenters. The molecule has 2 N–H and O–H groups in total. The third-order valence-electron chi connectivity index (χ3n) is 4.36. The van der Waals surface area contributed by atoms with E-state index in [0.29, 0.717) is 6.04 Å². The van der Waals surface area contributed by atoms with E-state index in [2.05, 4.69) is 6.92 Å². The number of para-hydroxylation sites is 1. The summed E-state index contributed by atoms with van der Waals surface area (Å²) < 4.78 is 5.71. The molecule has 106 valence electrons. The Hall–Kier alpha value is -1.02. The summed E-state index contributed by atoms with van der Waals surface area (Å²) in [6.07, 6.45) is 7.51. The maximum absolute atomic E-state index is 6.32. The number of hydrogen-bond donors (Lipinski definition) is 1. The summed E-state index contributed by atoms with van der Waals surface area (Å²) in [7, 11) is 0. The fraction of sp³-hybridized carbons (Fsp3) is 0.647. The average Bonchev–Trinajstić information content (AvgIpc) is 2.45. The standard InChI is InChI=1S/C17H27NO/c1-14-9-11-15(12-10-14)17(18)8-5-13-19-16-6-3-2-4-7-16/h2-4,6-7,14-15,17H,5,8-13,18H2,1H3. The zero-order valence-corrected chi connectivity index (χ0v) is 12.1. The Morgan fingerprint density at radius 2 is 1.84 bits per heavy atom. The SMILES string of the molecule is CC1CCC(C(N)CCCOc2ccccc2)CC1. The first-order valence-corrected chi connectivity index (χ1v) is 7.69. The van der Waals surface area contributed by atoms with Crippen LogP contribution in [-0.2, 0) is 0 Å². The molecule has 0 amide bonds. The second-order valence-corrected chi connectivity index (χ2v) is 5.99. The van der Waals surface area contributed by atoms with Crippen LogP contribution in [0.15, 0.2) is 30.3 Å². The molecule has 1 aromatic carbocycles. The molecule has 0 aliphatic heterocycles. The van der Waals surface area contributed by atoms with Crippen molar-refractivity contribution in [2.75, 3.05) is 6.61 Å². The minimum absolute atomic E-state index is 0.367. The first kappa shape index (κ1) is 14.4. The van der Waals surface area contributed by atoms with Crippen LogP contribution in [0.2, 0.25) is 0 Å². The largest absolute Gasteiger partial charge is 0.494 e. The lowest BCUT2D eigenvalue weighted by Gasteiger charge is -2.30. The van der Waals surface area contributed by atoms with Gasteiger partial charge in [0.15, 0.2) is 0 Å². The fourth-order valence-corrected chi connectivity index (χ4v) is 2.98. The molecule has 0 spiro atoms. The first-order valence-electron chi connectivity index (χ1n) is 7.69. The van der Waals surface area contributed by atoms with Gasteiger partial charge in [0.05, 0.1) is 6.61 Å². The third kappa shape index (κ3) is 4.87. The van der Waals surface area contributed by atoms with Gasteiger partial charge in [-0.15, -0.1) is 0 Å². The van der Waals surface area contributed by atoms with Gasteiger partial charge in [-0.3, -0.25) is 0 Å². The third-order valence-corrected chi connectivity index (χ3v) is 4.36. The Morgan fingerprint density at radius 3 is 2.53 bits per heavy atom. The smallest absolute Gasteiger partial charge is 0.119 e. The molecule has 2 heteroatoms. The molecule has 2 rings (SSSR count). The zero-order valence-electron chi connectivity index (χ0n) is 12.1. The Bertz CT molecular complexity index is 344. The van der Waals surface area contributed by atoms with Gasteiger partial charge in [-0.25, -0.2) is 0 Å². The van der Waals surface area contributed by atoms with Crippen molar-refractivity contribution in [2.24, 2.45) is 17.6 Å². The minimum Gasteiger partial charge on any atom is -0.494 e. The van der Waals surface area contributed by atoms with Gasteiger partial charge in [0.25, 0.3) is 0 Å². The van der Waals surface area contributed by atoms with Gasteiger partial charge < -0.3 is 10.5 Å². The van der Waals surface area contributed by atoms with Gasteiger partial charge in [0.2, 0.25) is 0 Å². The maximum Gasteiger partial charge on any atom is 0.119 e. The first-order chi connectivity index (χ1) is 9.25. The highest BCUT2D eigenvalue weighted by Gasteiger charge is 2.23. The summed E-state index contributed by atoms with van der Waals surface area (Å²) in [5, 5.41) is 0.